The van der Waals surface area contributed by atoms with Crippen molar-refractivity contribution in [3.05, 3.63) is 86.4 Å². The third-order valence-electron chi connectivity index (χ3n) is 3.53. The predicted molar refractivity (Wildman–Crippen MR) is 94.7 cm³/mol. The highest BCUT2D eigenvalue weighted by Crippen LogP contribution is 2.22. The Labute approximate surface area is 152 Å². The lowest BCUT2D eigenvalue weighted by Crippen LogP contribution is -2.26. The van der Waals surface area contributed by atoms with Gasteiger partial charge < -0.3 is 0 Å². The van der Waals surface area contributed by atoms with Crippen LogP contribution in [0.3, 0.4) is 0 Å². The van der Waals surface area contributed by atoms with Gasteiger partial charge in [-0.25, -0.2) is 9.07 Å². The van der Waals surface area contributed by atoms with E-state index in [4.69, 9.17) is 23.2 Å². The fraction of sp³-hybridized carbons (Fsp3) is 0.0556. The number of hydrogen-bond acceptors (Lipinski definition) is 3. The number of hydrogen-bond donors (Lipinski definition) is 0. The average molecular weight is 377 g/mol. The van der Waals surface area contributed by atoms with Gasteiger partial charge in [-0.2, -0.15) is 5.10 Å². The van der Waals surface area contributed by atoms with E-state index < -0.39 is 5.56 Å². The number of Topliss-reactive ketones (excluding diaryl/α,β-unsaturated/α-hetero) is 1. The summed E-state index contributed by atoms with van der Waals surface area (Å²) in [6, 6.07) is 13.0. The molecule has 0 radical (unpaired) electrons. The maximum Gasteiger partial charge on any atom is 0.267 e. The Morgan fingerprint density at radius 1 is 1.04 bits per heavy atom. The summed E-state index contributed by atoms with van der Waals surface area (Å²) in [5.74, 6) is -0.739. The number of aromatic nitrogens is 2. The number of carbonyl (C=O) groups is 1. The molecule has 2 aromatic carbocycles. The maximum absolute atomic E-state index is 13.0. The van der Waals surface area contributed by atoms with E-state index in [0.717, 1.165) is 4.68 Å². The number of ketones is 1. The van der Waals surface area contributed by atoms with Crippen molar-refractivity contribution in [2.75, 3.05) is 0 Å². The Kier molecular flexibility index (Phi) is 4.97. The summed E-state index contributed by atoms with van der Waals surface area (Å²) in [6.45, 7) is -0.269. The summed E-state index contributed by atoms with van der Waals surface area (Å²) in [7, 11) is 0. The number of carbonyl (C=O) groups excluding carboxylic acids is 1. The molecule has 0 aliphatic rings. The van der Waals surface area contributed by atoms with Gasteiger partial charge in [0.15, 0.2) is 5.78 Å². The predicted octanol–water partition coefficient (Wildman–Crippen LogP) is 4.24. The van der Waals surface area contributed by atoms with E-state index in [1.165, 1.54) is 36.4 Å². The molecule has 0 aliphatic heterocycles. The molecule has 0 aliphatic carbocycles. The fourth-order valence-electron chi connectivity index (χ4n) is 2.27. The van der Waals surface area contributed by atoms with E-state index in [2.05, 4.69) is 5.10 Å². The van der Waals surface area contributed by atoms with Gasteiger partial charge in [0.05, 0.1) is 10.7 Å². The van der Waals surface area contributed by atoms with E-state index in [1.54, 1.807) is 18.2 Å². The van der Waals surface area contributed by atoms with E-state index in [-0.39, 0.29) is 28.7 Å². The molecule has 0 fully saturated rings. The first-order chi connectivity index (χ1) is 11.9. The highest BCUT2D eigenvalue weighted by Gasteiger charge is 2.13. The van der Waals surface area contributed by atoms with Crippen molar-refractivity contribution in [2.45, 2.75) is 6.54 Å². The first-order valence-corrected chi connectivity index (χ1v) is 8.02. The smallest absolute Gasteiger partial charge is 0.267 e. The highest BCUT2D eigenvalue weighted by molar-refractivity contribution is 6.36. The molecular formula is C18H11Cl2FN2O2. The minimum Gasteiger partial charge on any atom is -0.292 e. The van der Waals surface area contributed by atoms with Crippen molar-refractivity contribution < 1.29 is 9.18 Å². The summed E-state index contributed by atoms with van der Waals surface area (Å²) < 4.78 is 14.1. The third-order valence-corrected chi connectivity index (χ3v) is 4.08. The third kappa shape index (κ3) is 3.95. The molecule has 25 heavy (non-hydrogen) atoms. The molecule has 0 spiro atoms. The molecule has 7 heteroatoms. The number of benzene rings is 2. The van der Waals surface area contributed by atoms with E-state index in [1.807, 2.05) is 0 Å². The van der Waals surface area contributed by atoms with Crippen molar-refractivity contribution in [2.24, 2.45) is 0 Å². The Bertz CT molecular complexity index is 1000. The van der Waals surface area contributed by atoms with Crippen LogP contribution in [0.5, 0.6) is 0 Å². The normalized spacial score (nSPS) is 10.7. The summed E-state index contributed by atoms with van der Waals surface area (Å²) in [6.07, 6.45) is 0. The number of nitrogens with zero attached hydrogens (tertiary/aromatic N) is 2. The van der Waals surface area contributed by atoms with Crippen molar-refractivity contribution in [3.8, 4) is 11.3 Å². The second-order valence-corrected chi connectivity index (χ2v) is 6.11. The van der Waals surface area contributed by atoms with Crippen LogP contribution in [0.2, 0.25) is 10.0 Å². The molecule has 1 heterocycles. The Hall–Kier alpha value is -2.50. The van der Waals surface area contributed by atoms with E-state index in [9.17, 15) is 14.0 Å². The second kappa shape index (κ2) is 7.17. The van der Waals surface area contributed by atoms with Crippen LogP contribution < -0.4 is 5.56 Å². The van der Waals surface area contributed by atoms with Gasteiger partial charge in [-0.3, -0.25) is 9.59 Å². The van der Waals surface area contributed by atoms with E-state index in [0.29, 0.717) is 16.3 Å². The van der Waals surface area contributed by atoms with Gasteiger partial charge in [0.25, 0.3) is 5.56 Å². The minimum atomic E-state index is -0.427. The minimum absolute atomic E-state index is 0.209. The second-order valence-electron chi connectivity index (χ2n) is 5.27. The van der Waals surface area contributed by atoms with Crippen molar-refractivity contribution >= 4 is 29.0 Å². The molecule has 4 nitrogen and oxygen atoms in total. The molecule has 0 saturated heterocycles. The lowest BCUT2D eigenvalue weighted by Gasteiger charge is -2.08. The largest absolute Gasteiger partial charge is 0.292 e. The van der Waals surface area contributed by atoms with Gasteiger partial charge in [-0.05, 0) is 48.5 Å². The van der Waals surface area contributed by atoms with Crippen molar-refractivity contribution in [1.29, 1.82) is 0 Å². The molecule has 0 bridgehead atoms. The first-order valence-electron chi connectivity index (χ1n) is 7.26. The lowest BCUT2D eigenvalue weighted by atomic mass is 10.1. The Morgan fingerprint density at radius 3 is 2.44 bits per heavy atom. The summed E-state index contributed by atoms with van der Waals surface area (Å²) in [5.41, 5.74) is 0.915. The highest BCUT2D eigenvalue weighted by atomic mass is 35.5. The maximum atomic E-state index is 13.0. The van der Waals surface area contributed by atoms with Gasteiger partial charge in [-0.15, -0.1) is 0 Å². The van der Waals surface area contributed by atoms with Gasteiger partial charge in [-0.1, -0.05) is 23.2 Å². The first kappa shape index (κ1) is 17.3. The van der Waals surface area contributed by atoms with E-state index >= 15 is 0 Å². The van der Waals surface area contributed by atoms with Crippen LogP contribution in [-0.4, -0.2) is 15.6 Å². The average Bonchev–Trinajstić information content (AvgIpc) is 2.57. The van der Waals surface area contributed by atoms with Crippen LogP contribution >= 0.6 is 23.2 Å². The van der Waals surface area contributed by atoms with Crippen LogP contribution in [0.15, 0.2) is 59.4 Å². The van der Waals surface area contributed by atoms with Crippen LogP contribution in [0, 0.1) is 5.82 Å². The molecule has 126 valence electrons. The number of rotatable bonds is 4. The molecule has 0 atom stereocenters. The molecule has 0 unspecified atom stereocenters. The quantitative estimate of drug-likeness (QED) is 0.639. The Balaban J connectivity index is 1.92. The summed E-state index contributed by atoms with van der Waals surface area (Å²) in [5, 5.41) is 4.80. The molecule has 3 aromatic rings. The lowest BCUT2D eigenvalue weighted by molar-refractivity contribution is 0.0966. The molecular weight excluding hydrogens is 366 g/mol. The standard InChI is InChI=1S/C18H11Cl2FN2O2/c19-12-3-6-14(15(20)9-12)17(24)10-23-18(25)8-7-16(22-23)11-1-4-13(21)5-2-11/h1-9H,10H2. The van der Waals surface area contributed by atoms with Gasteiger partial charge in [0.2, 0.25) is 0 Å². The van der Waals surface area contributed by atoms with Crippen LogP contribution in [-0.2, 0) is 6.54 Å². The zero-order valence-electron chi connectivity index (χ0n) is 12.7. The molecule has 3 rings (SSSR count). The summed E-state index contributed by atoms with van der Waals surface area (Å²) in [4.78, 5) is 24.4. The van der Waals surface area contributed by atoms with Crippen LogP contribution in [0.1, 0.15) is 10.4 Å². The van der Waals surface area contributed by atoms with Gasteiger partial charge in [0, 0.05) is 22.2 Å². The van der Waals surface area contributed by atoms with Gasteiger partial charge >= 0.3 is 0 Å². The fourth-order valence-corrected chi connectivity index (χ4v) is 2.79. The molecule has 0 amide bonds. The molecule has 0 saturated carbocycles. The molecule has 1 aromatic heterocycles. The van der Waals surface area contributed by atoms with Crippen LogP contribution in [0.4, 0.5) is 4.39 Å². The monoisotopic (exact) mass is 376 g/mol. The Morgan fingerprint density at radius 2 is 1.76 bits per heavy atom. The zero-order valence-corrected chi connectivity index (χ0v) is 14.3. The molecule has 0 N–H and O–H groups in total. The van der Waals surface area contributed by atoms with Crippen LogP contribution in [0.25, 0.3) is 11.3 Å². The summed E-state index contributed by atoms with van der Waals surface area (Å²) >= 11 is 11.8. The van der Waals surface area contributed by atoms with Gasteiger partial charge in [0.1, 0.15) is 12.4 Å². The zero-order chi connectivity index (χ0) is 18.0. The topological polar surface area (TPSA) is 52.0 Å². The van der Waals surface area contributed by atoms with Crippen molar-refractivity contribution in [3.63, 3.8) is 0 Å². The van der Waals surface area contributed by atoms with Crippen molar-refractivity contribution in [1.82, 2.24) is 9.78 Å². The number of halogens is 3. The SMILES string of the molecule is O=C(Cn1nc(-c2ccc(F)cc2)ccc1=O)c1ccc(Cl)cc1Cl.